The van der Waals surface area contributed by atoms with Gasteiger partial charge in [0.15, 0.2) is 0 Å². The second kappa shape index (κ2) is 3.93. The third-order valence-corrected chi connectivity index (χ3v) is 2.70. The summed E-state index contributed by atoms with van der Waals surface area (Å²) in [5.74, 6) is -0.0246. The Bertz CT molecular complexity index is 387. The minimum atomic E-state index is -0.0246. The maximum Gasteiger partial charge on any atom is 0.221 e. The van der Waals surface area contributed by atoms with Gasteiger partial charge in [-0.05, 0) is 31.4 Å². The molecule has 1 aliphatic heterocycles. The highest BCUT2D eigenvalue weighted by Gasteiger charge is 2.16. The summed E-state index contributed by atoms with van der Waals surface area (Å²) in [6.07, 6.45) is 2.23. The first-order chi connectivity index (χ1) is 7.16. The van der Waals surface area contributed by atoms with Crippen LogP contribution in [-0.2, 0) is 11.2 Å². The van der Waals surface area contributed by atoms with Gasteiger partial charge in [0, 0.05) is 13.0 Å². The Morgan fingerprint density at radius 2 is 2.33 bits per heavy atom. The molecule has 1 amide bonds. The lowest BCUT2D eigenvalue weighted by atomic mass is 9.98. The summed E-state index contributed by atoms with van der Waals surface area (Å²) in [6.45, 7) is 3.69. The topological polar surface area (TPSA) is 41.1 Å². The molecule has 1 aliphatic rings. The number of para-hydroxylation sites is 1. The normalized spacial score (nSPS) is 18.9. The van der Waals surface area contributed by atoms with Crippen molar-refractivity contribution in [2.45, 2.75) is 32.7 Å². The Morgan fingerprint density at radius 3 is 3.07 bits per heavy atom. The number of amides is 1. The summed E-state index contributed by atoms with van der Waals surface area (Å²) in [7, 11) is 0. The molecule has 1 heterocycles. The van der Waals surface area contributed by atoms with Crippen molar-refractivity contribution < 1.29 is 4.79 Å². The van der Waals surface area contributed by atoms with E-state index in [0.717, 1.165) is 24.2 Å². The Labute approximate surface area is 89.9 Å². The van der Waals surface area contributed by atoms with E-state index in [1.54, 1.807) is 0 Å². The van der Waals surface area contributed by atoms with Crippen LogP contribution in [-0.4, -0.2) is 11.9 Å². The fourth-order valence-electron chi connectivity index (χ4n) is 1.96. The largest absolute Gasteiger partial charge is 0.381 e. The van der Waals surface area contributed by atoms with Crippen LogP contribution in [0.2, 0.25) is 0 Å². The first kappa shape index (κ1) is 10.0. The quantitative estimate of drug-likeness (QED) is 0.737. The molecule has 80 valence electrons. The Kier molecular flexibility index (Phi) is 2.62. The zero-order valence-electron chi connectivity index (χ0n) is 9.13. The predicted molar refractivity (Wildman–Crippen MR) is 62.2 cm³/mol. The molecule has 3 nitrogen and oxygen atoms in total. The predicted octanol–water partition coefficient (Wildman–Crippen LogP) is 2.39. The van der Waals surface area contributed by atoms with Crippen molar-refractivity contribution in [3.05, 3.63) is 23.8 Å². The molecule has 1 aromatic rings. The highest BCUT2D eigenvalue weighted by Crippen LogP contribution is 2.31. The van der Waals surface area contributed by atoms with E-state index in [9.17, 15) is 4.79 Å². The maximum atomic E-state index is 11.0. The summed E-state index contributed by atoms with van der Waals surface area (Å²) in [6, 6.07) is 6.51. The van der Waals surface area contributed by atoms with Gasteiger partial charge in [-0.3, -0.25) is 4.79 Å². The summed E-state index contributed by atoms with van der Waals surface area (Å²) >= 11 is 0. The van der Waals surface area contributed by atoms with Gasteiger partial charge in [0.25, 0.3) is 0 Å². The van der Waals surface area contributed by atoms with Crippen molar-refractivity contribution in [2.75, 3.05) is 10.6 Å². The number of fused-ring (bicyclic) bond motifs is 1. The zero-order chi connectivity index (χ0) is 10.8. The summed E-state index contributed by atoms with van der Waals surface area (Å²) < 4.78 is 0. The lowest BCUT2D eigenvalue weighted by Gasteiger charge is -2.26. The Hall–Kier alpha value is -1.51. The number of hydrogen-bond donors (Lipinski definition) is 2. The van der Waals surface area contributed by atoms with Crippen molar-refractivity contribution in [3.63, 3.8) is 0 Å². The van der Waals surface area contributed by atoms with E-state index in [4.69, 9.17) is 0 Å². The van der Waals surface area contributed by atoms with Crippen molar-refractivity contribution in [1.82, 2.24) is 0 Å². The third-order valence-electron chi connectivity index (χ3n) is 2.70. The Balaban J connectivity index is 2.35. The van der Waals surface area contributed by atoms with Crippen molar-refractivity contribution in [1.29, 1.82) is 0 Å². The lowest BCUT2D eigenvalue weighted by molar-refractivity contribution is -0.114. The SMILES string of the molecule is CC(=O)Nc1cccc2c1NC(C)CC2. The van der Waals surface area contributed by atoms with Gasteiger partial charge in [-0.2, -0.15) is 0 Å². The van der Waals surface area contributed by atoms with E-state index in [1.165, 1.54) is 12.5 Å². The molecule has 3 heteroatoms. The minimum absolute atomic E-state index is 0.0246. The van der Waals surface area contributed by atoms with E-state index < -0.39 is 0 Å². The number of anilines is 2. The average Bonchev–Trinajstić information content (AvgIpc) is 2.18. The number of nitrogens with one attached hydrogen (secondary N) is 2. The minimum Gasteiger partial charge on any atom is -0.381 e. The molecule has 2 rings (SSSR count). The molecule has 0 saturated heterocycles. The molecule has 1 atom stereocenters. The molecule has 15 heavy (non-hydrogen) atoms. The van der Waals surface area contributed by atoms with Gasteiger partial charge in [0.2, 0.25) is 5.91 Å². The molecule has 0 saturated carbocycles. The number of carbonyl (C=O) groups is 1. The van der Waals surface area contributed by atoms with Crippen molar-refractivity contribution in [2.24, 2.45) is 0 Å². The molecule has 1 unspecified atom stereocenters. The Morgan fingerprint density at radius 1 is 1.53 bits per heavy atom. The van der Waals surface area contributed by atoms with E-state index in [1.807, 2.05) is 12.1 Å². The van der Waals surface area contributed by atoms with Crippen LogP contribution >= 0.6 is 0 Å². The smallest absolute Gasteiger partial charge is 0.221 e. The van der Waals surface area contributed by atoms with E-state index >= 15 is 0 Å². The highest BCUT2D eigenvalue weighted by atomic mass is 16.1. The zero-order valence-corrected chi connectivity index (χ0v) is 9.13. The van der Waals surface area contributed by atoms with Gasteiger partial charge < -0.3 is 10.6 Å². The maximum absolute atomic E-state index is 11.0. The van der Waals surface area contributed by atoms with Crippen LogP contribution < -0.4 is 10.6 Å². The number of aryl methyl sites for hydroxylation is 1. The van der Waals surface area contributed by atoms with E-state index in [2.05, 4.69) is 23.6 Å². The molecular formula is C12H16N2O. The molecular weight excluding hydrogens is 188 g/mol. The number of hydrogen-bond acceptors (Lipinski definition) is 2. The fourth-order valence-corrected chi connectivity index (χ4v) is 1.96. The fraction of sp³-hybridized carbons (Fsp3) is 0.417. The van der Waals surface area contributed by atoms with Crippen LogP contribution in [0.4, 0.5) is 11.4 Å². The summed E-state index contributed by atoms with van der Waals surface area (Å²) in [4.78, 5) is 11.0. The molecule has 0 fully saturated rings. The number of rotatable bonds is 1. The first-order valence-corrected chi connectivity index (χ1v) is 5.33. The van der Waals surface area contributed by atoms with Gasteiger partial charge >= 0.3 is 0 Å². The van der Waals surface area contributed by atoms with Crippen molar-refractivity contribution >= 4 is 17.3 Å². The third kappa shape index (κ3) is 2.12. The van der Waals surface area contributed by atoms with E-state index in [-0.39, 0.29) is 5.91 Å². The highest BCUT2D eigenvalue weighted by molar-refractivity contribution is 5.93. The van der Waals surface area contributed by atoms with Crippen LogP contribution in [0.1, 0.15) is 25.8 Å². The van der Waals surface area contributed by atoms with Gasteiger partial charge in [-0.15, -0.1) is 0 Å². The lowest BCUT2D eigenvalue weighted by Crippen LogP contribution is -2.23. The van der Waals surface area contributed by atoms with Gasteiger partial charge in [-0.1, -0.05) is 12.1 Å². The number of benzene rings is 1. The number of carbonyl (C=O) groups excluding carboxylic acids is 1. The van der Waals surface area contributed by atoms with Gasteiger partial charge in [0.05, 0.1) is 11.4 Å². The monoisotopic (exact) mass is 204 g/mol. The van der Waals surface area contributed by atoms with Crippen LogP contribution in [0, 0.1) is 0 Å². The standard InChI is InChI=1S/C12H16N2O/c1-8-6-7-10-4-3-5-11(12(10)13-8)14-9(2)15/h3-5,8,13H,6-7H2,1-2H3,(H,14,15). The summed E-state index contributed by atoms with van der Waals surface area (Å²) in [5, 5.41) is 6.27. The average molecular weight is 204 g/mol. The molecule has 1 aromatic carbocycles. The molecule has 0 bridgehead atoms. The molecule has 0 aromatic heterocycles. The van der Waals surface area contributed by atoms with Crippen LogP contribution in [0.25, 0.3) is 0 Å². The van der Waals surface area contributed by atoms with Gasteiger partial charge in [-0.25, -0.2) is 0 Å². The van der Waals surface area contributed by atoms with Crippen LogP contribution in [0.3, 0.4) is 0 Å². The van der Waals surface area contributed by atoms with Gasteiger partial charge in [0.1, 0.15) is 0 Å². The molecule has 0 spiro atoms. The first-order valence-electron chi connectivity index (χ1n) is 5.33. The van der Waals surface area contributed by atoms with Crippen LogP contribution in [0.15, 0.2) is 18.2 Å². The summed E-state index contributed by atoms with van der Waals surface area (Å²) in [5.41, 5.74) is 3.28. The second-order valence-corrected chi connectivity index (χ2v) is 4.10. The molecule has 0 aliphatic carbocycles. The molecule has 0 radical (unpaired) electrons. The van der Waals surface area contributed by atoms with Crippen LogP contribution in [0.5, 0.6) is 0 Å². The molecule has 2 N–H and O–H groups in total. The van der Waals surface area contributed by atoms with E-state index in [0.29, 0.717) is 6.04 Å². The van der Waals surface area contributed by atoms with Crippen molar-refractivity contribution in [3.8, 4) is 0 Å². The second-order valence-electron chi connectivity index (χ2n) is 4.10.